The smallest absolute Gasteiger partial charge is 0.141 e. The normalized spacial score (nSPS) is 9.64. The first-order valence-corrected chi connectivity index (χ1v) is 3.87. The quantitative estimate of drug-likeness (QED) is 0.548. The van der Waals surface area contributed by atoms with Crippen molar-refractivity contribution >= 4 is 21.8 Å². The van der Waals surface area contributed by atoms with Crippen LogP contribution in [0.25, 0.3) is 0 Å². The van der Waals surface area contributed by atoms with Crippen molar-refractivity contribution in [3.8, 4) is 0 Å². The van der Waals surface area contributed by atoms with Crippen LogP contribution < -0.4 is 5.73 Å². The molecule has 3 N–H and O–H groups in total. The van der Waals surface area contributed by atoms with Crippen molar-refractivity contribution in [2.75, 3.05) is 0 Å². The zero-order valence-corrected chi connectivity index (χ0v) is 7.64. The molecule has 4 heteroatoms. The fraction of sp³-hybridized carbons (Fsp3) is 0.143. The van der Waals surface area contributed by atoms with E-state index >= 15 is 0 Å². The first-order valence-electron chi connectivity index (χ1n) is 3.08. The third-order valence-electron chi connectivity index (χ3n) is 1.32. The number of amidine groups is 1. The van der Waals surface area contributed by atoms with Crippen LogP contribution in [0.4, 0.5) is 0 Å². The second-order valence-electron chi connectivity index (χ2n) is 2.23. The van der Waals surface area contributed by atoms with Crippen molar-refractivity contribution in [1.82, 2.24) is 4.98 Å². The lowest BCUT2D eigenvalue weighted by atomic mass is 10.2. The largest absolute Gasteiger partial charge is 0.382 e. The molecule has 0 aliphatic carbocycles. The van der Waals surface area contributed by atoms with Crippen LogP contribution in [0.1, 0.15) is 11.3 Å². The molecule has 0 spiro atoms. The SMILES string of the molecule is Cc1cc(C(=N)N)ncc1Br. The number of hydrogen-bond donors (Lipinski definition) is 2. The Morgan fingerprint density at radius 1 is 1.73 bits per heavy atom. The number of nitrogens with one attached hydrogen (secondary N) is 1. The maximum absolute atomic E-state index is 7.10. The van der Waals surface area contributed by atoms with Gasteiger partial charge in [-0.15, -0.1) is 0 Å². The van der Waals surface area contributed by atoms with Crippen LogP contribution in [0, 0.1) is 12.3 Å². The van der Waals surface area contributed by atoms with Crippen LogP contribution in [0.5, 0.6) is 0 Å². The minimum Gasteiger partial charge on any atom is -0.382 e. The Labute approximate surface area is 73.3 Å². The molecule has 1 rings (SSSR count). The summed E-state index contributed by atoms with van der Waals surface area (Å²) >= 11 is 3.30. The highest BCUT2D eigenvalue weighted by Gasteiger charge is 1.99. The van der Waals surface area contributed by atoms with Gasteiger partial charge in [0.15, 0.2) is 0 Å². The molecule has 0 saturated carbocycles. The van der Waals surface area contributed by atoms with Gasteiger partial charge in [0, 0.05) is 10.7 Å². The van der Waals surface area contributed by atoms with Crippen molar-refractivity contribution in [1.29, 1.82) is 5.41 Å². The Hall–Kier alpha value is -0.900. The van der Waals surface area contributed by atoms with Gasteiger partial charge < -0.3 is 5.73 Å². The number of hydrogen-bond acceptors (Lipinski definition) is 2. The summed E-state index contributed by atoms with van der Waals surface area (Å²) in [6, 6.07) is 1.77. The molecule has 0 amide bonds. The van der Waals surface area contributed by atoms with Crippen molar-refractivity contribution < 1.29 is 0 Å². The molecule has 0 saturated heterocycles. The third-order valence-corrected chi connectivity index (χ3v) is 2.15. The lowest BCUT2D eigenvalue weighted by Gasteiger charge is -1.99. The van der Waals surface area contributed by atoms with Crippen LogP contribution in [-0.4, -0.2) is 10.8 Å². The minimum absolute atomic E-state index is 0.000556. The van der Waals surface area contributed by atoms with E-state index in [1.54, 1.807) is 12.3 Å². The summed E-state index contributed by atoms with van der Waals surface area (Å²) in [5.41, 5.74) is 6.79. The van der Waals surface area contributed by atoms with E-state index in [4.69, 9.17) is 11.1 Å². The summed E-state index contributed by atoms with van der Waals surface area (Å²) in [6.45, 7) is 1.93. The number of nitrogens with zero attached hydrogens (tertiary/aromatic N) is 1. The fourth-order valence-corrected chi connectivity index (χ4v) is 0.903. The van der Waals surface area contributed by atoms with Crippen molar-refractivity contribution in [3.63, 3.8) is 0 Å². The number of halogens is 1. The van der Waals surface area contributed by atoms with Crippen LogP contribution in [0.15, 0.2) is 16.7 Å². The van der Waals surface area contributed by atoms with Gasteiger partial charge in [0.1, 0.15) is 11.5 Å². The summed E-state index contributed by atoms with van der Waals surface area (Å²) in [6.07, 6.45) is 1.64. The van der Waals surface area contributed by atoms with E-state index in [2.05, 4.69) is 20.9 Å². The van der Waals surface area contributed by atoms with E-state index in [0.29, 0.717) is 5.69 Å². The maximum atomic E-state index is 7.10. The number of aromatic nitrogens is 1. The number of aryl methyl sites for hydroxylation is 1. The highest BCUT2D eigenvalue weighted by Crippen LogP contribution is 2.14. The van der Waals surface area contributed by atoms with Gasteiger partial charge in [-0.2, -0.15) is 0 Å². The molecule has 0 aromatic carbocycles. The third kappa shape index (κ3) is 1.77. The average molecular weight is 214 g/mol. The number of pyridine rings is 1. The van der Waals surface area contributed by atoms with Gasteiger partial charge in [0.25, 0.3) is 0 Å². The Morgan fingerprint density at radius 3 is 2.82 bits per heavy atom. The molecule has 58 valence electrons. The second-order valence-corrected chi connectivity index (χ2v) is 3.09. The van der Waals surface area contributed by atoms with Crippen molar-refractivity contribution in [2.24, 2.45) is 5.73 Å². The number of nitrogens with two attached hydrogens (primary N) is 1. The van der Waals surface area contributed by atoms with Gasteiger partial charge in [-0.25, -0.2) is 0 Å². The van der Waals surface area contributed by atoms with E-state index in [9.17, 15) is 0 Å². The molecule has 0 unspecified atom stereocenters. The van der Waals surface area contributed by atoms with E-state index < -0.39 is 0 Å². The zero-order chi connectivity index (χ0) is 8.43. The van der Waals surface area contributed by atoms with Crippen LogP contribution in [0.3, 0.4) is 0 Å². The molecule has 0 aliphatic rings. The molecule has 11 heavy (non-hydrogen) atoms. The topological polar surface area (TPSA) is 62.8 Å². The van der Waals surface area contributed by atoms with E-state index in [1.165, 1.54) is 0 Å². The van der Waals surface area contributed by atoms with Gasteiger partial charge in [-0.1, -0.05) is 0 Å². The minimum atomic E-state index is 0.000556. The number of nitrogen functional groups attached to an aromatic ring is 1. The van der Waals surface area contributed by atoms with Crippen LogP contribution in [0.2, 0.25) is 0 Å². The summed E-state index contributed by atoms with van der Waals surface area (Å²) in [7, 11) is 0. The Bertz CT molecular complexity index is 296. The van der Waals surface area contributed by atoms with E-state index in [1.807, 2.05) is 6.92 Å². The fourth-order valence-electron chi connectivity index (χ4n) is 0.687. The first-order chi connectivity index (χ1) is 5.11. The average Bonchev–Trinajstić information content (AvgIpc) is 1.94. The Morgan fingerprint density at radius 2 is 2.36 bits per heavy atom. The maximum Gasteiger partial charge on any atom is 0.141 e. The van der Waals surface area contributed by atoms with Gasteiger partial charge in [-0.3, -0.25) is 10.4 Å². The lowest BCUT2D eigenvalue weighted by molar-refractivity contribution is 1.21. The van der Waals surface area contributed by atoms with Crippen molar-refractivity contribution in [2.45, 2.75) is 6.92 Å². The lowest BCUT2D eigenvalue weighted by Crippen LogP contribution is -2.13. The van der Waals surface area contributed by atoms with Gasteiger partial charge in [0.2, 0.25) is 0 Å². The van der Waals surface area contributed by atoms with Gasteiger partial charge in [0.05, 0.1) is 0 Å². The monoisotopic (exact) mass is 213 g/mol. The highest BCUT2D eigenvalue weighted by molar-refractivity contribution is 9.10. The molecular weight excluding hydrogens is 206 g/mol. The standard InChI is InChI=1S/C7H8BrN3/c1-4-2-6(7(9)10)11-3-5(4)8/h2-3H,1H3,(H3,9,10). The second kappa shape index (κ2) is 3.00. The molecule has 1 aromatic rings. The Balaban J connectivity index is 3.15. The molecule has 0 fully saturated rings. The molecule has 0 radical (unpaired) electrons. The molecule has 3 nitrogen and oxygen atoms in total. The molecule has 0 atom stereocenters. The Kier molecular flexibility index (Phi) is 2.24. The molecule has 0 aliphatic heterocycles. The van der Waals surface area contributed by atoms with Gasteiger partial charge >= 0.3 is 0 Å². The first kappa shape index (κ1) is 8.20. The van der Waals surface area contributed by atoms with E-state index in [-0.39, 0.29) is 5.84 Å². The summed E-state index contributed by atoms with van der Waals surface area (Å²) in [5.74, 6) is 0.000556. The summed E-state index contributed by atoms with van der Waals surface area (Å²) < 4.78 is 0.933. The predicted molar refractivity (Wildman–Crippen MR) is 47.7 cm³/mol. The molecule has 1 heterocycles. The highest BCUT2D eigenvalue weighted by atomic mass is 79.9. The zero-order valence-electron chi connectivity index (χ0n) is 6.06. The molecule has 0 bridgehead atoms. The molecule has 1 aromatic heterocycles. The summed E-state index contributed by atoms with van der Waals surface area (Å²) in [5, 5.41) is 7.10. The van der Waals surface area contributed by atoms with E-state index in [0.717, 1.165) is 10.0 Å². The van der Waals surface area contributed by atoms with Crippen molar-refractivity contribution in [3.05, 3.63) is 28.0 Å². The molecular formula is C7H8BrN3. The predicted octanol–water partition coefficient (Wildman–Crippen LogP) is 1.44. The van der Waals surface area contributed by atoms with Crippen LogP contribution in [-0.2, 0) is 0 Å². The number of rotatable bonds is 1. The summed E-state index contributed by atoms with van der Waals surface area (Å²) in [4.78, 5) is 3.94. The van der Waals surface area contributed by atoms with Gasteiger partial charge in [-0.05, 0) is 34.5 Å². The van der Waals surface area contributed by atoms with Crippen LogP contribution >= 0.6 is 15.9 Å².